The molecule has 3 rings (SSSR count). The topological polar surface area (TPSA) is 54.7 Å². The van der Waals surface area contributed by atoms with Crippen LogP contribution in [0.5, 0.6) is 0 Å². The number of alkyl halides is 3. The van der Waals surface area contributed by atoms with Gasteiger partial charge in [0.2, 0.25) is 0 Å². The number of aromatic amines is 1. The number of nitrogens with zero attached hydrogens (tertiary/aromatic N) is 1. The summed E-state index contributed by atoms with van der Waals surface area (Å²) in [5.41, 5.74) is 5.84. The molecule has 1 saturated carbocycles. The van der Waals surface area contributed by atoms with Crippen LogP contribution >= 0.6 is 0 Å². The number of rotatable bonds is 1. The maximum atomic E-state index is 12.6. The number of nitrogens with two attached hydrogens (primary N) is 1. The molecule has 1 fully saturated rings. The van der Waals surface area contributed by atoms with E-state index in [1.54, 1.807) is 0 Å². The SMILES string of the molecule is NC1(c2nc3ccc(C(F)(F)F)cc3[nH]2)CCC1. The maximum absolute atomic E-state index is 12.6. The number of halogens is 3. The van der Waals surface area contributed by atoms with Crippen LogP contribution < -0.4 is 5.73 Å². The van der Waals surface area contributed by atoms with Gasteiger partial charge in [-0.25, -0.2) is 4.98 Å². The maximum Gasteiger partial charge on any atom is 0.416 e. The first-order valence-electron chi connectivity index (χ1n) is 5.75. The summed E-state index contributed by atoms with van der Waals surface area (Å²) >= 11 is 0. The predicted octanol–water partition coefficient (Wildman–Crippen LogP) is 2.92. The lowest BCUT2D eigenvalue weighted by atomic mass is 9.77. The van der Waals surface area contributed by atoms with Crippen LogP contribution in [-0.4, -0.2) is 9.97 Å². The molecule has 1 aromatic carbocycles. The Balaban J connectivity index is 2.07. The van der Waals surface area contributed by atoms with Crippen LogP contribution in [0.1, 0.15) is 30.7 Å². The Bertz CT molecular complexity index is 596. The molecule has 3 nitrogen and oxygen atoms in total. The molecule has 6 heteroatoms. The van der Waals surface area contributed by atoms with E-state index in [0.29, 0.717) is 16.9 Å². The molecule has 1 aromatic heterocycles. The summed E-state index contributed by atoms with van der Waals surface area (Å²) in [6.07, 6.45) is -1.67. The zero-order valence-corrected chi connectivity index (χ0v) is 9.51. The minimum atomic E-state index is -4.34. The molecule has 18 heavy (non-hydrogen) atoms. The molecule has 0 spiro atoms. The fourth-order valence-corrected chi connectivity index (χ4v) is 2.22. The minimum absolute atomic E-state index is 0.386. The van der Waals surface area contributed by atoms with Crippen LogP contribution in [0.2, 0.25) is 0 Å². The Hall–Kier alpha value is -1.56. The average Bonchev–Trinajstić information content (AvgIpc) is 2.67. The highest BCUT2D eigenvalue weighted by Gasteiger charge is 2.37. The zero-order chi connectivity index (χ0) is 13.0. The van der Waals surface area contributed by atoms with Gasteiger partial charge in [0.15, 0.2) is 0 Å². The molecule has 0 unspecified atom stereocenters. The lowest BCUT2D eigenvalue weighted by Crippen LogP contribution is -2.44. The Kier molecular flexibility index (Phi) is 2.22. The van der Waals surface area contributed by atoms with Gasteiger partial charge in [0.25, 0.3) is 0 Å². The number of benzene rings is 1. The Morgan fingerprint density at radius 2 is 2.00 bits per heavy atom. The highest BCUT2D eigenvalue weighted by molar-refractivity contribution is 5.76. The highest BCUT2D eigenvalue weighted by Crippen LogP contribution is 2.38. The van der Waals surface area contributed by atoms with Crippen LogP contribution in [0.4, 0.5) is 13.2 Å². The first kappa shape index (κ1) is 11.5. The van der Waals surface area contributed by atoms with Gasteiger partial charge in [0.1, 0.15) is 5.82 Å². The normalized spacial score (nSPS) is 18.9. The van der Waals surface area contributed by atoms with Crippen LogP contribution in [-0.2, 0) is 11.7 Å². The van der Waals surface area contributed by atoms with Gasteiger partial charge in [-0.1, -0.05) is 0 Å². The number of nitrogens with one attached hydrogen (secondary N) is 1. The van der Waals surface area contributed by atoms with Crippen molar-refractivity contribution in [2.45, 2.75) is 31.0 Å². The number of imidazole rings is 1. The van der Waals surface area contributed by atoms with Gasteiger partial charge >= 0.3 is 6.18 Å². The molecule has 0 aliphatic heterocycles. The summed E-state index contributed by atoms with van der Waals surface area (Å²) in [5.74, 6) is 0.586. The van der Waals surface area contributed by atoms with Crippen molar-refractivity contribution in [2.24, 2.45) is 5.73 Å². The van der Waals surface area contributed by atoms with Crippen LogP contribution in [0.25, 0.3) is 11.0 Å². The first-order valence-corrected chi connectivity index (χ1v) is 5.75. The van der Waals surface area contributed by atoms with Gasteiger partial charge in [-0.2, -0.15) is 13.2 Å². The summed E-state index contributed by atoms with van der Waals surface area (Å²) in [4.78, 5) is 7.20. The fraction of sp³-hybridized carbons (Fsp3) is 0.417. The third-order valence-electron chi connectivity index (χ3n) is 3.53. The monoisotopic (exact) mass is 255 g/mol. The first-order chi connectivity index (χ1) is 8.38. The van der Waals surface area contributed by atoms with E-state index in [1.807, 2.05) is 0 Å². The lowest BCUT2D eigenvalue weighted by molar-refractivity contribution is -0.137. The van der Waals surface area contributed by atoms with Gasteiger partial charge in [0, 0.05) is 0 Å². The molecule has 1 aliphatic carbocycles. The summed E-state index contributed by atoms with van der Waals surface area (Å²) in [6, 6.07) is 3.49. The van der Waals surface area contributed by atoms with Gasteiger partial charge < -0.3 is 10.7 Å². The zero-order valence-electron chi connectivity index (χ0n) is 9.51. The Morgan fingerprint density at radius 1 is 1.28 bits per heavy atom. The molecule has 3 N–H and O–H groups in total. The van der Waals surface area contributed by atoms with Crippen molar-refractivity contribution in [3.05, 3.63) is 29.6 Å². The van der Waals surface area contributed by atoms with E-state index in [0.717, 1.165) is 31.4 Å². The second kappa shape index (κ2) is 3.47. The van der Waals surface area contributed by atoms with Gasteiger partial charge in [0.05, 0.1) is 22.1 Å². The third kappa shape index (κ3) is 1.68. The minimum Gasteiger partial charge on any atom is -0.340 e. The van der Waals surface area contributed by atoms with E-state index in [9.17, 15) is 13.2 Å². The summed E-state index contributed by atoms with van der Waals surface area (Å²) in [7, 11) is 0. The second-order valence-electron chi connectivity index (χ2n) is 4.82. The molecule has 0 bridgehead atoms. The molecule has 96 valence electrons. The summed E-state index contributed by atoms with van der Waals surface area (Å²) < 4.78 is 37.7. The molecule has 0 amide bonds. The van der Waals surface area contributed by atoms with Gasteiger partial charge in [-0.15, -0.1) is 0 Å². The van der Waals surface area contributed by atoms with Crippen molar-refractivity contribution >= 4 is 11.0 Å². The van der Waals surface area contributed by atoms with E-state index in [2.05, 4.69) is 9.97 Å². The van der Waals surface area contributed by atoms with E-state index >= 15 is 0 Å². The molecule has 0 saturated heterocycles. The molecule has 1 heterocycles. The van der Waals surface area contributed by atoms with Crippen molar-refractivity contribution in [1.82, 2.24) is 9.97 Å². The van der Waals surface area contributed by atoms with Crippen molar-refractivity contribution in [3.63, 3.8) is 0 Å². The molecule has 0 atom stereocenters. The molecule has 1 aliphatic rings. The number of aromatic nitrogens is 2. The van der Waals surface area contributed by atoms with Crippen LogP contribution in [0.3, 0.4) is 0 Å². The number of H-pyrrole nitrogens is 1. The van der Waals surface area contributed by atoms with E-state index in [4.69, 9.17) is 5.73 Å². The smallest absolute Gasteiger partial charge is 0.340 e. The Morgan fingerprint density at radius 3 is 2.56 bits per heavy atom. The van der Waals surface area contributed by atoms with Crippen LogP contribution in [0.15, 0.2) is 18.2 Å². The second-order valence-corrected chi connectivity index (χ2v) is 4.82. The van der Waals surface area contributed by atoms with E-state index in [1.165, 1.54) is 6.07 Å². The Labute approximate surface area is 101 Å². The van der Waals surface area contributed by atoms with Crippen LogP contribution in [0, 0.1) is 0 Å². The number of fused-ring (bicyclic) bond motifs is 1. The van der Waals surface area contributed by atoms with Crippen molar-refractivity contribution in [1.29, 1.82) is 0 Å². The van der Waals surface area contributed by atoms with Gasteiger partial charge in [-0.05, 0) is 37.5 Å². The average molecular weight is 255 g/mol. The third-order valence-corrected chi connectivity index (χ3v) is 3.53. The van der Waals surface area contributed by atoms with Crippen molar-refractivity contribution in [2.75, 3.05) is 0 Å². The standard InChI is InChI=1S/C12H12F3N3/c13-12(14,15)7-2-3-8-9(6-7)18-10(17-8)11(16)4-1-5-11/h2-3,6H,1,4-5,16H2,(H,17,18). The van der Waals surface area contributed by atoms with E-state index in [-0.39, 0.29) is 0 Å². The number of hydrogen-bond donors (Lipinski definition) is 2. The molecule has 0 radical (unpaired) electrons. The van der Waals surface area contributed by atoms with E-state index < -0.39 is 17.3 Å². The van der Waals surface area contributed by atoms with Crippen molar-refractivity contribution in [3.8, 4) is 0 Å². The highest BCUT2D eigenvalue weighted by atomic mass is 19.4. The summed E-state index contributed by atoms with van der Waals surface area (Å²) in [5, 5.41) is 0. The number of hydrogen-bond acceptors (Lipinski definition) is 2. The molecule has 2 aromatic rings. The molecular weight excluding hydrogens is 243 g/mol. The summed E-state index contributed by atoms with van der Waals surface area (Å²) in [6.45, 7) is 0. The fourth-order valence-electron chi connectivity index (χ4n) is 2.22. The van der Waals surface area contributed by atoms with Crippen molar-refractivity contribution < 1.29 is 13.2 Å². The predicted molar refractivity (Wildman–Crippen MR) is 60.8 cm³/mol. The lowest BCUT2D eigenvalue weighted by Gasteiger charge is -2.35. The van der Waals surface area contributed by atoms with Gasteiger partial charge in [-0.3, -0.25) is 0 Å². The largest absolute Gasteiger partial charge is 0.416 e. The molecular formula is C12H12F3N3. The quantitative estimate of drug-likeness (QED) is 0.823.